The van der Waals surface area contributed by atoms with Gasteiger partial charge in [0.25, 0.3) is 11.6 Å². The molecule has 27 heavy (non-hydrogen) atoms. The second-order valence-corrected chi connectivity index (χ2v) is 6.36. The normalized spacial score (nSPS) is 10.4. The van der Waals surface area contributed by atoms with Crippen molar-refractivity contribution < 1.29 is 14.5 Å². The van der Waals surface area contributed by atoms with Crippen LogP contribution in [0.15, 0.2) is 58.8 Å². The Kier molecular flexibility index (Phi) is 5.67. The molecule has 2 aromatic carbocycles. The number of para-hydroxylation sites is 1. The lowest BCUT2D eigenvalue weighted by atomic mass is 10.1. The van der Waals surface area contributed by atoms with Gasteiger partial charge in [-0.15, -0.1) is 0 Å². The van der Waals surface area contributed by atoms with Crippen molar-refractivity contribution in [1.29, 1.82) is 0 Å². The fourth-order valence-corrected chi connectivity index (χ4v) is 3.17. The van der Waals surface area contributed by atoms with E-state index in [0.717, 1.165) is 17.3 Å². The SMILES string of the molecule is COc1ccccc1CNC(=O)c1cc([N+](=O)[O-])ccc1Sc1ncn[nH]1. The summed E-state index contributed by atoms with van der Waals surface area (Å²) >= 11 is 1.16. The van der Waals surface area contributed by atoms with Crippen molar-refractivity contribution in [3.05, 3.63) is 70.0 Å². The van der Waals surface area contributed by atoms with E-state index in [1.165, 1.54) is 24.5 Å². The van der Waals surface area contributed by atoms with E-state index >= 15 is 0 Å². The number of rotatable bonds is 7. The van der Waals surface area contributed by atoms with Crippen LogP contribution in [0, 0.1) is 10.1 Å². The molecule has 0 radical (unpaired) electrons. The average Bonchev–Trinajstić information content (AvgIpc) is 3.19. The summed E-state index contributed by atoms with van der Waals surface area (Å²) in [6.45, 7) is 0.220. The molecular weight excluding hydrogens is 370 g/mol. The Morgan fingerprint density at radius 3 is 2.85 bits per heavy atom. The molecular formula is C17H15N5O4S. The molecule has 0 saturated heterocycles. The monoisotopic (exact) mass is 385 g/mol. The van der Waals surface area contributed by atoms with Crippen molar-refractivity contribution >= 4 is 23.4 Å². The molecule has 0 fully saturated rings. The number of carbonyl (C=O) groups excluding carboxylic acids is 1. The molecule has 0 bridgehead atoms. The average molecular weight is 385 g/mol. The lowest BCUT2D eigenvalue weighted by Crippen LogP contribution is -2.23. The van der Waals surface area contributed by atoms with Crippen molar-refractivity contribution in [2.24, 2.45) is 0 Å². The van der Waals surface area contributed by atoms with E-state index in [9.17, 15) is 14.9 Å². The summed E-state index contributed by atoms with van der Waals surface area (Å²) in [7, 11) is 1.55. The van der Waals surface area contributed by atoms with Crippen LogP contribution >= 0.6 is 11.8 Å². The van der Waals surface area contributed by atoms with Gasteiger partial charge in [0.1, 0.15) is 12.1 Å². The molecule has 1 amide bonds. The smallest absolute Gasteiger partial charge is 0.270 e. The maximum absolute atomic E-state index is 12.7. The van der Waals surface area contributed by atoms with E-state index in [1.807, 2.05) is 18.2 Å². The fourth-order valence-electron chi connectivity index (χ4n) is 2.37. The van der Waals surface area contributed by atoms with Crippen molar-refractivity contribution in [1.82, 2.24) is 20.5 Å². The lowest BCUT2D eigenvalue weighted by molar-refractivity contribution is -0.384. The summed E-state index contributed by atoms with van der Waals surface area (Å²) in [6.07, 6.45) is 1.34. The molecule has 10 heteroatoms. The number of carbonyl (C=O) groups is 1. The number of non-ortho nitro benzene ring substituents is 1. The van der Waals surface area contributed by atoms with E-state index in [0.29, 0.717) is 15.8 Å². The minimum atomic E-state index is -0.542. The molecule has 0 aliphatic carbocycles. The highest BCUT2D eigenvalue weighted by Crippen LogP contribution is 2.30. The minimum absolute atomic E-state index is 0.167. The van der Waals surface area contributed by atoms with Gasteiger partial charge in [-0.2, -0.15) is 5.10 Å². The summed E-state index contributed by atoms with van der Waals surface area (Å²) in [4.78, 5) is 27.8. The molecule has 0 aliphatic rings. The quantitative estimate of drug-likeness (QED) is 0.473. The molecule has 9 nitrogen and oxygen atoms in total. The molecule has 1 aromatic heterocycles. The van der Waals surface area contributed by atoms with Crippen molar-refractivity contribution in [3.8, 4) is 5.75 Å². The first-order valence-corrected chi connectivity index (χ1v) is 8.62. The predicted molar refractivity (Wildman–Crippen MR) is 97.8 cm³/mol. The van der Waals surface area contributed by atoms with Gasteiger partial charge in [0.15, 0.2) is 5.16 Å². The molecule has 138 valence electrons. The van der Waals surface area contributed by atoms with Crippen LogP contribution in [0.5, 0.6) is 5.75 Å². The van der Waals surface area contributed by atoms with Crippen LogP contribution in [0.25, 0.3) is 0 Å². The Morgan fingerprint density at radius 2 is 2.15 bits per heavy atom. The summed E-state index contributed by atoms with van der Waals surface area (Å²) < 4.78 is 5.26. The number of H-pyrrole nitrogens is 1. The van der Waals surface area contributed by atoms with Gasteiger partial charge < -0.3 is 10.1 Å². The zero-order valence-corrected chi connectivity index (χ0v) is 15.0. The highest BCUT2D eigenvalue weighted by Gasteiger charge is 2.18. The highest BCUT2D eigenvalue weighted by atomic mass is 32.2. The number of benzene rings is 2. The largest absolute Gasteiger partial charge is 0.496 e. The number of hydrogen-bond donors (Lipinski definition) is 2. The van der Waals surface area contributed by atoms with Gasteiger partial charge in [0.2, 0.25) is 0 Å². The Hall–Kier alpha value is -3.40. The number of hydrogen-bond acceptors (Lipinski definition) is 7. The van der Waals surface area contributed by atoms with E-state index in [-0.39, 0.29) is 17.8 Å². The molecule has 1 heterocycles. The van der Waals surface area contributed by atoms with Crippen LogP contribution in [0.1, 0.15) is 15.9 Å². The minimum Gasteiger partial charge on any atom is -0.496 e. The van der Waals surface area contributed by atoms with Crippen LogP contribution in [-0.4, -0.2) is 33.1 Å². The first kappa shape index (κ1) is 18.4. The van der Waals surface area contributed by atoms with Gasteiger partial charge in [-0.1, -0.05) is 18.2 Å². The second kappa shape index (κ2) is 8.32. The van der Waals surface area contributed by atoms with E-state index in [1.54, 1.807) is 13.2 Å². The van der Waals surface area contributed by atoms with Gasteiger partial charge in [-0.25, -0.2) is 4.98 Å². The third-order valence-corrected chi connectivity index (χ3v) is 4.62. The van der Waals surface area contributed by atoms with Crippen LogP contribution in [-0.2, 0) is 6.54 Å². The predicted octanol–water partition coefficient (Wildman–Crippen LogP) is 2.80. The fraction of sp³-hybridized carbons (Fsp3) is 0.118. The number of ether oxygens (including phenoxy) is 1. The standard InChI is InChI=1S/C17H15N5O4S/c1-26-14-5-3-2-4-11(14)9-18-16(23)13-8-12(22(24)25)6-7-15(13)27-17-19-10-20-21-17/h2-8,10H,9H2,1H3,(H,18,23)(H,19,20,21). The molecule has 2 N–H and O–H groups in total. The molecule has 0 aliphatic heterocycles. The van der Waals surface area contributed by atoms with Crippen LogP contribution < -0.4 is 10.1 Å². The number of methoxy groups -OCH3 is 1. The Morgan fingerprint density at radius 1 is 1.33 bits per heavy atom. The summed E-state index contributed by atoms with van der Waals surface area (Å²) in [6, 6.07) is 11.4. The maximum atomic E-state index is 12.7. The van der Waals surface area contributed by atoms with Gasteiger partial charge in [-0.05, 0) is 23.9 Å². The summed E-state index contributed by atoms with van der Waals surface area (Å²) in [5.41, 5.74) is 0.808. The third-order valence-electron chi connectivity index (χ3n) is 3.65. The zero-order chi connectivity index (χ0) is 19.2. The summed E-state index contributed by atoms with van der Waals surface area (Å²) in [5.74, 6) is 0.208. The molecule has 3 rings (SSSR count). The second-order valence-electron chi connectivity index (χ2n) is 5.32. The lowest BCUT2D eigenvalue weighted by Gasteiger charge is -2.11. The van der Waals surface area contributed by atoms with Crippen molar-refractivity contribution in [2.45, 2.75) is 16.6 Å². The van der Waals surface area contributed by atoms with Gasteiger partial charge in [-0.3, -0.25) is 20.0 Å². The highest BCUT2D eigenvalue weighted by molar-refractivity contribution is 7.99. The maximum Gasteiger partial charge on any atom is 0.270 e. The van der Waals surface area contributed by atoms with Gasteiger partial charge in [0.05, 0.1) is 17.6 Å². The first-order valence-electron chi connectivity index (χ1n) is 7.80. The molecule has 0 saturated carbocycles. The van der Waals surface area contributed by atoms with E-state index in [4.69, 9.17) is 4.74 Å². The number of aromatic nitrogens is 3. The third kappa shape index (κ3) is 4.42. The van der Waals surface area contributed by atoms with Crippen molar-refractivity contribution in [2.75, 3.05) is 7.11 Å². The van der Waals surface area contributed by atoms with E-state index < -0.39 is 10.8 Å². The summed E-state index contributed by atoms with van der Waals surface area (Å²) in [5, 5.41) is 20.8. The Labute approximate surface area is 158 Å². The molecule has 0 unspecified atom stereocenters. The zero-order valence-electron chi connectivity index (χ0n) is 14.2. The molecule has 3 aromatic rings. The van der Waals surface area contributed by atoms with Crippen LogP contribution in [0.4, 0.5) is 5.69 Å². The number of nitro groups is 1. The van der Waals surface area contributed by atoms with Crippen LogP contribution in [0.2, 0.25) is 0 Å². The number of nitrogens with one attached hydrogen (secondary N) is 2. The number of aromatic amines is 1. The number of nitro benzene ring substituents is 1. The van der Waals surface area contributed by atoms with Gasteiger partial charge >= 0.3 is 0 Å². The number of amides is 1. The van der Waals surface area contributed by atoms with Crippen LogP contribution in [0.3, 0.4) is 0 Å². The Bertz CT molecular complexity index is 962. The Balaban J connectivity index is 1.84. The molecule has 0 atom stereocenters. The first-order chi connectivity index (χ1) is 13.1. The van der Waals surface area contributed by atoms with Crippen molar-refractivity contribution in [3.63, 3.8) is 0 Å². The van der Waals surface area contributed by atoms with Gasteiger partial charge in [0, 0.05) is 29.1 Å². The topological polar surface area (TPSA) is 123 Å². The van der Waals surface area contributed by atoms with E-state index in [2.05, 4.69) is 20.5 Å². The number of nitrogens with zero attached hydrogens (tertiary/aromatic N) is 3. The molecule has 0 spiro atoms.